The Balaban J connectivity index is 1.19. The summed E-state index contributed by atoms with van der Waals surface area (Å²) in [6, 6.07) is 0.668. The molecule has 0 unspecified atom stereocenters. The number of carbonyl (C=O) groups excluding carboxylic acids is 1. The molecule has 2 heterocycles. The van der Waals surface area contributed by atoms with E-state index in [1.807, 2.05) is 0 Å². The number of nitrogens with zero attached hydrogens (tertiary/aromatic N) is 3. The van der Waals surface area contributed by atoms with E-state index in [4.69, 9.17) is 4.52 Å². The monoisotopic (exact) mass is 347 g/mol. The van der Waals surface area contributed by atoms with E-state index in [0.29, 0.717) is 30.5 Å². The first-order valence-electron chi connectivity index (χ1n) is 9.75. The number of likely N-dealkylation sites (tertiary alicyclic amines) is 1. The molecular weight excluding hydrogens is 318 g/mol. The Morgan fingerprint density at radius 3 is 2.92 bits per heavy atom. The number of hydrogen-bond donors (Lipinski definition) is 2. The Hall–Kier alpha value is -1.47. The number of piperidine rings is 1. The van der Waals surface area contributed by atoms with Gasteiger partial charge in [0.15, 0.2) is 5.82 Å². The van der Waals surface area contributed by atoms with Crippen LogP contribution in [-0.4, -0.2) is 52.7 Å². The maximum Gasteiger partial charge on any atom is 0.234 e. The van der Waals surface area contributed by atoms with Crippen LogP contribution in [0.5, 0.6) is 0 Å². The zero-order valence-corrected chi connectivity index (χ0v) is 15.0. The maximum absolute atomic E-state index is 12.1. The summed E-state index contributed by atoms with van der Waals surface area (Å²) >= 11 is 0. The lowest BCUT2D eigenvalue weighted by atomic mass is 10.1. The molecule has 0 aromatic carbocycles. The Labute approximate surface area is 148 Å². The van der Waals surface area contributed by atoms with Crippen molar-refractivity contribution in [1.82, 2.24) is 25.7 Å². The fourth-order valence-electron chi connectivity index (χ4n) is 3.65. The number of rotatable bonds is 8. The summed E-state index contributed by atoms with van der Waals surface area (Å²) in [5.74, 6) is 2.92. The first-order chi connectivity index (χ1) is 12.2. The highest BCUT2D eigenvalue weighted by Gasteiger charge is 2.31. The molecular formula is C18H29N5O2. The molecule has 1 saturated heterocycles. The number of hydrogen-bond acceptors (Lipinski definition) is 6. The molecule has 7 nitrogen and oxygen atoms in total. The topological polar surface area (TPSA) is 83.3 Å². The molecule has 0 bridgehead atoms. The van der Waals surface area contributed by atoms with E-state index in [2.05, 4.69) is 32.6 Å². The predicted molar refractivity (Wildman–Crippen MR) is 92.9 cm³/mol. The third-order valence-corrected chi connectivity index (χ3v) is 5.55. The van der Waals surface area contributed by atoms with Crippen LogP contribution in [0.15, 0.2) is 4.52 Å². The number of carbonyl (C=O) groups is 1. The number of aromatic nitrogens is 2. The van der Waals surface area contributed by atoms with Crippen LogP contribution in [-0.2, 0) is 11.3 Å². The summed E-state index contributed by atoms with van der Waals surface area (Å²) < 4.78 is 5.34. The summed E-state index contributed by atoms with van der Waals surface area (Å²) in [6.07, 6.45) is 7.11. The van der Waals surface area contributed by atoms with Crippen molar-refractivity contribution >= 4 is 5.91 Å². The Kier molecular flexibility index (Phi) is 5.03. The van der Waals surface area contributed by atoms with Gasteiger partial charge in [0.05, 0.1) is 13.1 Å². The fraction of sp³-hybridized carbons (Fsp3) is 0.833. The molecule has 0 spiro atoms. The smallest absolute Gasteiger partial charge is 0.234 e. The van der Waals surface area contributed by atoms with Crippen LogP contribution in [0.2, 0.25) is 0 Å². The highest BCUT2D eigenvalue weighted by molar-refractivity contribution is 5.78. The van der Waals surface area contributed by atoms with Gasteiger partial charge in [-0.3, -0.25) is 9.69 Å². The van der Waals surface area contributed by atoms with Crippen molar-refractivity contribution in [2.24, 2.45) is 5.92 Å². The molecule has 2 aliphatic carbocycles. The first-order valence-corrected chi connectivity index (χ1v) is 9.75. The molecule has 2 N–H and O–H groups in total. The second-order valence-electron chi connectivity index (χ2n) is 7.97. The van der Waals surface area contributed by atoms with E-state index in [0.717, 1.165) is 44.2 Å². The molecule has 4 rings (SSSR count). The molecule has 1 aromatic rings. The van der Waals surface area contributed by atoms with E-state index in [1.165, 1.54) is 25.7 Å². The summed E-state index contributed by atoms with van der Waals surface area (Å²) in [5.41, 5.74) is 0. The van der Waals surface area contributed by atoms with E-state index in [1.54, 1.807) is 0 Å². The van der Waals surface area contributed by atoms with Gasteiger partial charge in [0, 0.05) is 24.5 Å². The third kappa shape index (κ3) is 4.79. The van der Waals surface area contributed by atoms with Crippen molar-refractivity contribution in [3.8, 4) is 0 Å². The summed E-state index contributed by atoms with van der Waals surface area (Å²) in [7, 11) is 0. The number of nitrogens with one attached hydrogen (secondary N) is 2. The quantitative estimate of drug-likeness (QED) is 0.740. The molecule has 0 radical (unpaired) electrons. The second kappa shape index (κ2) is 7.41. The summed E-state index contributed by atoms with van der Waals surface area (Å²) in [5, 5.41) is 10.6. The van der Waals surface area contributed by atoms with E-state index < -0.39 is 0 Å². The van der Waals surface area contributed by atoms with E-state index in [-0.39, 0.29) is 5.91 Å². The van der Waals surface area contributed by atoms with Gasteiger partial charge in [-0.2, -0.15) is 4.98 Å². The first kappa shape index (κ1) is 17.0. The lowest BCUT2D eigenvalue weighted by Gasteiger charge is -2.32. The molecule has 25 heavy (non-hydrogen) atoms. The Morgan fingerprint density at radius 1 is 1.32 bits per heavy atom. The zero-order valence-electron chi connectivity index (χ0n) is 15.0. The normalized spacial score (nSPS) is 25.7. The van der Waals surface area contributed by atoms with Crippen LogP contribution in [0.4, 0.5) is 0 Å². The molecule has 2 atom stereocenters. The van der Waals surface area contributed by atoms with Gasteiger partial charge in [-0.1, -0.05) is 5.16 Å². The van der Waals surface area contributed by atoms with Crippen molar-refractivity contribution in [3.05, 3.63) is 11.7 Å². The van der Waals surface area contributed by atoms with Gasteiger partial charge in [0.2, 0.25) is 11.8 Å². The minimum atomic E-state index is 0.115. The van der Waals surface area contributed by atoms with Crippen molar-refractivity contribution in [1.29, 1.82) is 0 Å². The van der Waals surface area contributed by atoms with Gasteiger partial charge in [-0.05, 0) is 57.9 Å². The minimum Gasteiger partial charge on any atom is -0.352 e. The molecule has 3 aliphatic rings. The van der Waals surface area contributed by atoms with E-state index in [9.17, 15) is 4.79 Å². The molecule has 7 heteroatoms. The van der Waals surface area contributed by atoms with Crippen LogP contribution in [0.3, 0.4) is 0 Å². The summed E-state index contributed by atoms with van der Waals surface area (Å²) in [4.78, 5) is 18.9. The SMILES string of the molecule is C[C@@H](NC(=O)CN[C@@H]1CCCN(Cc2noc(C3CC3)n2)C1)C1CC1. The molecule has 1 amide bonds. The molecule has 138 valence electrons. The van der Waals surface area contributed by atoms with Crippen LogP contribution in [0.1, 0.15) is 63.1 Å². The predicted octanol–water partition coefficient (Wildman–Crippen LogP) is 1.42. The zero-order chi connectivity index (χ0) is 17.2. The molecule has 1 aromatic heterocycles. The van der Waals surface area contributed by atoms with Gasteiger partial charge in [0.1, 0.15) is 0 Å². The standard InChI is InChI=1S/C18H29N5O2/c1-12(13-4-5-13)20-17(24)9-19-15-3-2-8-23(10-15)11-16-21-18(25-22-16)14-6-7-14/h12-15,19H,2-11H2,1H3,(H,20,24)/t12-,15-/m1/s1. The third-order valence-electron chi connectivity index (χ3n) is 5.55. The second-order valence-corrected chi connectivity index (χ2v) is 7.97. The van der Waals surface area contributed by atoms with Crippen LogP contribution >= 0.6 is 0 Å². The van der Waals surface area contributed by atoms with Gasteiger partial charge >= 0.3 is 0 Å². The lowest BCUT2D eigenvalue weighted by Crippen LogP contribution is -2.49. The Bertz CT molecular complexity index is 596. The highest BCUT2D eigenvalue weighted by Crippen LogP contribution is 2.38. The average molecular weight is 347 g/mol. The highest BCUT2D eigenvalue weighted by atomic mass is 16.5. The largest absolute Gasteiger partial charge is 0.352 e. The van der Waals surface area contributed by atoms with Crippen LogP contribution in [0, 0.1) is 5.92 Å². The maximum atomic E-state index is 12.1. The fourth-order valence-corrected chi connectivity index (χ4v) is 3.65. The van der Waals surface area contributed by atoms with Crippen molar-refractivity contribution in [2.45, 2.75) is 70.0 Å². The van der Waals surface area contributed by atoms with Crippen LogP contribution < -0.4 is 10.6 Å². The van der Waals surface area contributed by atoms with Crippen molar-refractivity contribution < 1.29 is 9.32 Å². The molecule has 2 saturated carbocycles. The van der Waals surface area contributed by atoms with Gasteiger partial charge in [-0.15, -0.1) is 0 Å². The van der Waals surface area contributed by atoms with E-state index >= 15 is 0 Å². The van der Waals surface area contributed by atoms with Gasteiger partial charge in [-0.25, -0.2) is 0 Å². The minimum absolute atomic E-state index is 0.115. The average Bonchev–Trinajstić information content (AvgIpc) is 3.52. The van der Waals surface area contributed by atoms with Crippen molar-refractivity contribution in [2.75, 3.05) is 19.6 Å². The van der Waals surface area contributed by atoms with Crippen LogP contribution in [0.25, 0.3) is 0 Å². The molecule has 1 aliphatic heterocycles. The number of amides is 1. The van der Waals surface area contributed by atoms with Gasteiger partial charge in [0.25, 0.3) is 0 Å². The van der Waals surface area contributed by atoms with Crippen molar-refractivity contribution in [3.63, 3.8) is 0 Å². The lowest BCUT2D eigenvalue weighted by molar-refractivity contribution is -0.121. The Morgan fingerprint density at radius 2 is 2.16 bits per heavy atom. The van der Waals surface area contributed by atoms with Gasteiger partial charge < -0.3 is 15.2 Å². The summed E-state index contributed by atoms with van der Waals surface area (Å²) in [6.45, 7) is 5.23. The molecule has 3 fully saturated rings.